The van der Waals surface area contributed by atoms with Gasteiger partial charge in [-0.2, -0.15) is 0 Å². The first-order valence-corrected chi connectivity index (χ1v) is 8.90. The molecule has 0 radical (unpaired) electrons. The van der Waals surface area contributed by atoms with Crippen LogP contribution in [0.3, 0.4) is 0 Å². The highest BCUT2D eigenvalue weighted by molar-refractivity contribution is 9.10. The maximum Gasteiger partial charge on any atom is 0.193 e. The van der Waals surface area contributed by atoms with E-state index >= 15 is 0 Å². The Morgan fingerprint density at radius 3 is 2.90 bits per heavy atom. The fourth-order valence-electron chi connectivity index (χ4n) is 2.40. The molecular formula is C16H15BrClNOS. The zero-order chi connectivity index (χ0) is 14.8. The minimum absolute atomic E-state index is 0.0282. The SMILES string of the molecule is CCCNC(c1ccc(Cl)o1)c1csc2c(Br)cccc12. The Hall–Kier alpha value is -0.810. The van der Waals surface area contributed by atoms with E-state index in [0.717, 1.165) is 23.2 Å². The summed E-state index contributed by atoms with van der Waals surface area (Å²) in [6, 6.07) is 10.0. The molecule has 1 atom stereocenters. The van der Waals surface area contributed by atoms with E-state index in [1.807, 2.05) is 6.07 Å². The van der Waals surface area contributed by atoms with E-state index in [2.05, 4.69) is 51.7 Å². The van der Waals surface area contributed by atoms with Crippen LogP contribution in [-0.4, -0.2) is 6.54 Å². The van der Waals surface area contributed by atoms with Gasteiger partial charge in [-0.25, -0.2) is 0 Å². The Balaban J connectivity index is 2.08. The van der Waals surface area contributed by atoms with Gasteiger partial charge in [0.25, 0.3) is 0 Å². The van der Waals surface area contributed by atoms with Crippen molar-refractivity contribution in [1.29, 1.82) is 0 Å². The minimum atomic E-state index is 0.0282. The first-order valence-electron chi connectivity index (χ1n) is 6.85. The second-order valence-electron chi connectivity index (χ2n) is 4.84. The standard InChI is InChI=1S/C16H15BrClNOS/c1-2-8-19-15(13-6-7-14(18)20-13)11-9-21-16-10(11)4-3-5-12(16)17/h3-7,9,15,19H,2,8H2,1H3. The smallest absolute Gasteiger partial charge is 0.193 e. The van der Waals surface area contributed by atoms with Gasteiger partial charge in [0.2, 0.25) is 0 Å². The Labute approximate surface area is 141 Å². The molecule has 0 spiro atoms. The number of fused-ring (bicyclic) bond motifs is 1. The lowest BCUT2D eigenvalue weighted by Crippen LogP contribution is -2.22. The van der Waals surface area contributed by atoms with Gasteiger partial charge in [0.05, 0.1) is 6.04 Å². The normalized spacial score (nSPS) is 12.9. The summed E-state index contributed by atoms with van der Waals surface area (Å²) in [5.41, 5.74) is 1.23. The molecule has 0 aliphatic heterocycles. The predicted octanol–water partition coefficient (Wildman–Crippen LogP) is 6.00. The fraction of sp³-hybridized carbons (Fsp3) is 0.250. The number of rotatable bonds is 5. The van der Waals surface area contributed by atoms with Crippen molar-refractivity contribution >= 4 is 49.0 Å². The molecule has 3 rings (SSSR count). The van der Waals surface area contributed by atoms with Gasteiger partial charge < -0.3 is 9.73 Å². The average Bonchev–Trinajstić information content (AvgIpc) is 3.08. The average molecular weight is 385 g/mol. The lowest BCUT2D eigenvalue weighted by Gasteiger charge is -2.16. The van der Waals surface area contributed by atoms with Crippen LogP contribution in [0, 0.1) is 0 Å². The molecule has 0 fully saturated rings. The largest absolute Gasteiger partial charge is 0.448 e. The van der Waals surface area contributed by atoms with Crippen LogP contribution in [-0.2, 0) is 0 Å². The second-order valence-corrected chi connectivity index (χ2v) is 6.94. The lowest BCUT2D eigenvalue weighted by molar-refractivity contribution is 0.449. The van der Waals surface area contributed by atoms with Crippen molar-refractivity contribution in [2.75, 3.05) is 6.54 Å². The molecule has 2 aromatic heterocycles. The molecule has 0 aliphatic rings. The first-order chi connectivity index (χ1) is 10.2. The van der Waals surface area contributed by atoms with E-state index in [1.165, 1.54) is 15.6 Å². The summed E-state index contributed by atoms with van der Waals surface area (Å²) >= 11 is 11.3. The maximum atomic E-state index is 5.94. The van der Waals surface area contributed by atoms with Gasteiger partial charge in [0.1, 0.15) is 5.76 Å². The molecule has 0 aliphatic carbocycles. The highest BCUT2D eigenvalue weighted by Crippen LogP contribution is 2.37. The third-order valence-corrected chi connectivity index (χ3v) is 5.54. The Morgan fingerprint density at radius 2 is 2.19 bits per heavy atom. The Morgan fingerprint density at radius 1 is 1.33 bits per heavy atom. The molecule has 5 heteroatoms. The molecule has 0 saturated carbocycles. The number of furan rings is 1. The molecule has 21 heavy (non-hydrogen) atoms. The van der Waals surface area contributed by atoms with Crippen LogP contribution in [0.25, 0.3) is 10.1 Å². The maximum absolute atomic E-state index is 5.94. The van der Waals surface area contributed by atoms with Crippen LogP contribution in [0.15, 0.2) is 44.6 Å². The summed E-state index contributed by atoms with van der Waals surface area (Å²) in [5, 5.41) is 7.42. The Bertz CT molecular complexity index is 752. The summed E-state index contributed by atoms with van der Waals surface area (Å²) in [6.45, 7) is 3.08. The van der Waals surface area contributed by atoms with E-state index in [0.29, 0.717) is 5.22 Å². The number of hydrogen-bond acceptors (Lipinski definition) is 3. The van der Waals surface area contributed by atoms with Crippen LogP contribution in [0.2, 0.25) is 5.22 Å². The zero-order valence-corrected chi connectivity index (χ0v) is 14.7. The van der Waals surface area contributed by atoms with Gasteiger partial charge in [-0.15, -0.1) is 11.3 Å². The van der Waals surface area contributed by atoms with Crippen LogP contribution in [0.5, 0.6) is 0 Å². The Kier molecular flexibility index (Phi) is 4.69. The van der Waals surface area contributed by atoms with E-state index in [9.17, 15) is 0 Å². The van der Waals surface area contributed by atoms with Crippen molar-refractivity contribution < 1.29 is 4.42 Å². The molecule has 3 aromatic rings. The fourth-order valence-corrected chi connectivity index (χ4v) is 4.20. The summed E-state index contributed by atoms with van der Waals surface area (Å²) in [5.74, 6) is 0.855. The predicted molar refractivity (Wildman–Crippen MR) is 93.4 cm³/mol. The van der Waals surface area contributed by atoms with E-state index in [-0.39, 0.29) is 6.04 Å². The third kappa shape index (κ3) is 3.04. The number of hydrogen-bond donors (Lipinski definition) is 1. The van der Waals surface area contributed by atoms with Gasteiger partial charge in [-0.1, -0.05) is 19.1 Å². The second kappa shape index (κ2) is 6.53. The van der Waals surface area contributed by atoms with Crippen molar-refractivity contribution in [2.24, 2.45) is 0 Å². The highest BCUT2D eigenvalue weighted by Gasteiger charge is 2.21. The summed E-state index contributed by atoms with van der Waals surface area (Å²) in [4.78, 5) is 0. The molecule has 1 N–H and O–H groups in total. The lowest BCUT2D eigenvalue weighted by atomic mass is 10.0. The molecule has 2 heterocycles. The summed E-state index contributed by atoms with van der Waals surface area (Å²) < 4.78 is 8.03. The van der Waals surface area contributed by atoms with E-state index in [1.54, 1.807) is 17.4 Å². The van der Waals surface area contributed by atoms with Crippen molar-refractivity contribution in [3.8, 4) is 0 Å². The van der Waals surface area contributed by atoms with Crippen LogP contribution >= 0.6 is 38.9 Å². The summed E-state index contributed by atoms with van der Waals surface area (Å²) in [7, 11) is 0. The third-order valence-electron chi connectivity index (χ3n) is 3.37. The van der Waals surface area contributed by atoms with Crippen LogP contribution in [0.1, 0.15) is 30.7 Å². The molecule has 110 valence electrons. The molecule has 1 unspecified atom stereocenters. The molecule has 1 aromatic carbocycles. The molecular weight excluding hydrogens is 370 g/mol. The van der Waals surface area contributed by atoms with Gasteiger partial charge in [-0.05, 0) is 75.0 Å². The van der Waals surface area contributed by atoms with Crippen molar-refractivity contribution in [3.05, 3.63) is 56.7 Å². The van der Waals surface area contributed by atoms with Gasteiger partial charge in [0.15, 0.2) is 5.22 Å². The van der Waals surface area contributed by atoms with Crippen molar-refractivity contribution in [2.45, 2.75) is 19.4 Å². The van der Waals surface area contributed by atoms with Gasteiger partial charge in [-0.3, -0.25) is 0 Å². The molecule has 2 nitrogen and oxygen atoms in total. The number of thiophene rings is 1. The first kappa shape index (κ1) is 15.1. The van der Waals surface area contributed by atoms with Crippen LogP contribution in [0.4, 0.5) is 0 Å². The van der Waals surface area contributed by atoms with Gasteiger partial charge in [0, 0.05) is 9.17 Å². The molecule has 0 amide bonds. The zero-order valence-electron chi connectivity index (χ0n) is 11.5. The highest BCUT2D eigenvalue weighted by atomic mass is 79.9. The van der Waals surface area contributed by atoms with Gasteiger partial charge >= 0.3 is 0 Å². The number of benzene rings is 1. The molecule has 0 saturated heterocycles. The molecule has 0 bridgehead atoms. The number of halogens is 2. The quantitative estimate of drug-likeness (QED) is 0.583. The monoisotopic (exact) mass is 383 g/mol. The van der Waals surface area contributed by atoms with E-state index < -0.39 is 0 Å². The number of nitrogens with one attached hydrogen (secondary N) is 1. The van der Waals surface area contributed by atoms with Crippen molar-refractivity contribution in [3.63, 3.8) is 0 Å². The van der Waals surface area contributed by atoms with Crippen LogP contribution < -0.4 is 5.32 Å². The van der Waals surface area contributed by atoms with Crippen molar-refractivity contribution in [1.82, 2.24) is 5.32 Å². The minimum Gasteiger partial charge on any atom is -0.448 e. The topological polar surface area (TPSA) is 25.2 Å². The summed E-state index contributed by atoms with van der Waals surface area (Å²) in [6.07, 6.45) is 1.07. The van der Waals surface area contributed by atoms with E-state index in [4.69, 9.17) is 16.0 Å².